The van der Waals surface area contributed by atoms with Crippen molar-refractivity contribution in [3.63, 3.8) is 0 Å². The lowest BCUT2D eigenvalue weighted by molar-refractivity contribution is 0.218. The number of hydrogen-bond donors (Lipinski definition) is 1. The van der Waals surface area contributed by atoms with E-state index in [0.717, 1.165) is 10.0 Å². The monoisotopic (exact) mass is 324 g/mol. The quantitative estimate of drug-likeness (QED) is 0.925. The Kier molecular flexibility index (Phi) is 4.22. The van der Waals surface area contributed by atoms with Crippen molar-refractivity contribution in [3.8, 4) is 5.75 Å². The topological polar surface area (TPSA) is 29.5 Å². The van der Waals surface area contributed by atoms with Crippen molar-refractivity contribution < 1.29 is 14.2 Å². The van der Waals surface area contributed by atoms with Crippen molar-refractivity contribution in [2.75, 3.05) is 7.11 Å². The molecule has 2 rings (SSSR count). The van der Waals surface area contributed by atoms with Gasteiger partial charge in [-0.1, -0.05) is 22.0 Å². The average molecular weight is 325 g/mol. The molecule has 19 heavy (non-hydrogen) atoms. The van der Waals surface area contributed by atoms with E-state index in [0.29, 0.717) is 16.9 Å². The summed E-state index contributed by atoms with van der Waals surface area (Å²) >= 11 is 3.39. The second kappa shape index (κ2) is 5.72. The molecule has 0 radical (unpaired) electrons. The van der Waals surface area contributed by atoms with Crippen LogP contribution in [-0.2, 0) is 0 Å². The Morgan fingerprint density at radius 2 is 1.95 bits per heavy atom. The maximum Gasteiger partial charge on any atom is 0.123 e. The van der Waals surface area contributed by atoms with Gasteiger partial charge in [-0.3, -0.25) is 0 Å². The van der Waals surface area contributed by atoms with Crippen molar-refractivity contribution in [1.82, 2.24) is 0 Å². The van der Waals surface area contributed by atoms with E-state index in [-0.39, 0.29) is 5.82 Å². The lowest BCUT2D eigenvalue weighted by Gasteiger charge is -2.15. The number of ether oxygens (including phenoxy) is 1. The minimum Gasteiger partial charge on any atom is -0.497 e. The molecule has 0 fully saturated rings. The zero-order valence-corrected chi connectivity index (χ0v) is 12.2. The molecule has 0 aliphatic rings. The fraction of sp³-hybridized carbons (Fsp3) is 0.200. The first-order valence-corrected chi connectivity index (χ1v) is 6.59. The van der Waals surface area contributed by atoms with Crippen LogP contribution in [0.3, 0.4) is 0 Å². The van der Waals surface area contributed by atoms with Gasteiger partial charge in [-0.25, -0.2) is 4.39 Å². The molecular weight excluding hydrogens is 311 g/mol. The summed E-state index contributed by atoms with van der Waals surface area (Å²) in [6.45, 7) is 1.79. The molecule has 0 saturated heterocycles. The van der Waals surface area contributed by atoms with Crippen molar-refractivity contribution in [2.45, 2.75) is 13.0 Å². The molecule has 0 heterocycles. The second-order valence-corrected chi connectivity index (χ2v) is 5.21. The summed E-state index contributed by atoms with van der Waals surface area (Å²) in [4.78, 5) is 0. The van der Waals surface area contributed by atoms with E-state index < -0.39 is 6.10 Å². The minimum absolute atomic E-state index is 0.354. The number of aryl methyl sites for hydroxylation is 1. The zero-order chi connectivity index (χ0) is 14.0. The number of hydrogen-bond acceptors (Lipinski definition) is 2. The largest absolute Gasteiger partial charge is 0.497 e. The highest BCUT2D eigenvalue weighted by atomic mass is 79.9. The highest BCUT2D eigenvalue weighted by molar-refractivity contribution is 9.10. The van der Waals surface area contributed by atoms with E-state index in [4.69, 9.17) is 4.74 Å². The van der Waals surface area contributed by atoms with Crippen LogP contribution in [0.15, 0.2) is 40.9 Å². The van der Waals surface area contributed by atoms with Gasteiger partial charge in [-0.15, -0.1) is 0 Å². The highest BCUT2D eigenvalue weighted by Crippen LogP contribution is 2.32. The van der Waals surface area contributed by atoms with Gasteiger partial charge in [-0.2, -0.15) is 0 Å². The molecule has 1 atom stereocenters. The van der Waals surface area contributed by atoms with Gasteiger partial charge in [0.1, 0.15) is 17.7 Å². The van der Waals surface area contributed by atoms with Gasteiger partial charge in [-0.05, 0) is 48.4 Å². The summed E-state index contributed by atoms with van der Waals surface area (Å²) in [5.74, 6) is 0.290. The Hall–Kier alpha value is -1.39. The van der Waals surface area contributed by atoms with E-state index in [1.807, 2.05) is 0 Å². The lowest BCUT2D eigenvalue weighted by atomic mass is 9.99. The molecule has 0 spiro atoms. The Bertz CT molecular complexity index is 578. The maximum atomic E-state index is 13.4. The molecule has 0 aromatic heterocycles. The highest BCUT2D eigenvalue weighted by Gasteiger charge is 2.16. The number of methoxy groups -OCH3 is 1. The summed E-state index contributed by atoms with van der Waals surface area (Å²) in [6, 6.07) is 9.84. The van der Waals surface area contributed by atoms with Gasteiger partial charge in [0.25, 0.3) is 0 Å². The van der Waals surface area contributed by atoms with Crippen LogP contribution >= 0.6 is 15.9 Å². The SMILES string of the molecule is COc1ccc(Br)c(C(O)c2cc(C)cc(F)c2)c1. The summed E-state index contributed by atoms with van der Waals surface area (Å²) in [5, 5.41) is 10.4. The first-order valence-electron chi connectivity index (χ1n) is 5.80. The van der Waals surface area contributed by atoms with E-state index in [1.54, 1.807) is 38.3 Å². The molecule has 0 bridgehead atoms. The van der Waals surface area contributed by atoms with Crippen LogP contribution in [0.4, 0.5) is 4.39 Å². The molecule has 1 unspecified atom stereocenters. The number of aliphatic hydroxyl groups excluding tert-OH is 1. The molecule has 0 saturated carbocycles. The molecule has 2 nitrogen and oxygen atoms in total. The van der Waals surface area contributed by atoms with Crippen molar-refractivity contribution in [3.05, 3.63) is 63.4 Å². The Labute approximate surface area is 120 Å². The Balaban J connectivity index is 2.45. The van der Waals surface area contributed by atoms with E-state index >= 15 is 0 Å². The van der Waals surface area contributed by atoms with Gasteiger partial charge in [0.15, 0.2) is 0 Å². The van der Waals surface area contributed by atoms with Crippen LogP contribution in [0, 0.1) is 12.7 Å². The molecule has 0 amide bonds. The van der Waals surface area contributed by atoms with Crippen molar-refractivity contribution >= 4 is 15.9 Å². The normalized spacial score (nSPS) is 12.3. The van der Waals surface area contributed by atoms with Gasteiger partial charge in [0.05, 0.1) is 7.11 Å². The lowest BCUT2D eigenvalue weighted by Crippen LogP contribution is -2.02. The second-order valence-electron chi connectivity index (χ2n) is 4.35. The molecule has 1 N–H and O–H groups in total. The maximum absolute atomic E-state index is 13.4. The average Bonchev–Trinajstić information content (AvgIpc) is 2.37. The molecule has 4 heteroatoms. The van der Waals surface area contributed by atoms with E-state index in [2.05, 4.69) is 15.9 Å². The third-order valence-corrected chi connectivity index (χ3v) is 3.60. The number of aliphatic hydroxyl groups is 1. The van der Waals surface area contributed by atoms with Crippen LogP contribution in [0.5, 0.6) is 5.75 Å². The van der Waals surface area contributed by atoms with Crippen molar-refractivity contribution in [2.24, 2.45) is 0 Å². The smallest absolute Gasteiger partial charge is 0.123 e. The summed E-state index contributed by atoms with van der Waals surface area (Å²) in [7, 11) is 1.56. The number of benzene rings is 2. The summed E-state index contributed by atoms with van der Waals surface area (Å²) in [5.41, 5.74) is 1.93. The fourth-order valence-corrected chi connectivity index (χ4v) is 2.42. The van der Waals surface area contributed by atoms with Crippen LogP contribution in [0.1, 0.15) is 22.8 Å². The van der Waals surface area contributed by atoms with E-state index in [1.165, 1.54) is 12.1 Å². The van der Waals surface area contributed by atoms with E-state index in [9.17, 15) is 9.50 Å². The van der Waals surface area contributed by atoms with Gasteiger partial charge in [0.2, 0.25) is 0 Å². The van der Waals surface area contributed by atoms with Crippen molar-refractivity contribution in [1.29, 1.82) is 0 Å². The number of rotatable bonds is 3. The molecule has 2 aromatic rings. The van der Waals surface area contributed by atoms with Crippen LogP contribution in [0.2, 0.25) is 0 Å². The van der Waals surface area contributed by atoms with Crippen LogP contribution in [0.25, 0.3) is 0 Å². The molecule has 0 aliphatic heterocycles. The zero-order valence-electron chi connectivity index (χ0n) is 10.7. The predicted molar refractivity (Wildman–Crippen MR) is 75.9 cm³/mol. The molecular formula is C15H14BrFO2. The first-order chi connectivity index (χ1) is 9.01. The first kappa shape index (κ1) is 14.0. The number of halogens is 2. The molecule has 100 valence electrons. The van der Waals surface area contributed by atoms with Gasteiger partial charge in [0, 0.05) is 10.0 Å². The van der Waals surface area contributed by atoms with Gasteiger partial charge >= 0.3 is 0 Å². The van der Waals surface area contributed by atoms with Crippen LogP contribution < -0.4 is 4.74 Å². The third kappa shape index (κ3) is 3.14. The van der Waals surface area contributed by atoms with Gasteiger partial charge < -0.3 is 9.84 Å². The fourth-order valence-electron chi connectivity index (χ4n) is 1.96. The minimum atomic E-state index is -0.904. The third-order valence-electron chi connectivity index (χ3n) is 2.88. The Morgan fingerprint density at radius 1 is 1.21 bits per heavy atom. The molecule has 0 aliphatic carbocycles. The van der Waals surface area contributed by atoms with Crippen LogP contribution in [-0.4, -0.2) is 12.2 Å². The predicted octanol–water partition coefficient (Wildman–Crippen LogP) is 3.99. The molecule has 2 aromatic carbocycles. The summed E-state index contributed by atoms with van der Waals surface area (Å²) in [6.07, 6.45) is -0.904. The standard InChI is InChI=1S/C15H14BrFO2/c1-9-5-10(7-11(17)6-9)15(18)13-8-12(19-2)3-4-14(13)16/h3-8,15,18H,1-2H3. The summed E-state index contributed by atoms with van der Waals surface area (Å²) < 4.78 is 19.3. The Morgan fingerprint density at radius 3 is 2.58 bits per heavy atom.